The Hall–Kier alpha value is -4.20. The normalized spacial score (nSPS) is 21.0. The van der Waals surface area contributed by atoms with E-state index < -0.39 is 22.8 Å². The van der Waals surface area contributed by atoms with E-state index >= 15 is 0 Å². The van der Waals surface area contributed by atoms with Gasteiger partial charge in [-0.05, 0) is 54.8 Å². The van der Waals surface area contributed by atoms with Crippen LogP contribution in [0.2, 0.25) is 0 Å². The molecule has 1 amide bonds. The second-order valence-electron chi connectivity index (χ2n) is 10.2. The van der Waals surface area contributed by atoms with Crippen molar-refractivity contribution in [3.63, 3.8) is 0 Å². The van der Waals surface area contributed by atoms with E-state index in [-0.39, 0.29) is 17.9 Å². The number of phenolic OH excluding ortho intramolecular Hbond substituents is 1. The van der Waals surface area contributed by atoms with Crippen molar-refractivity contribution in [3.8, 4) is 5.75 Å². The minimum absolute atomic E-state index is 0.0181. The number of hydrazone groups is 2. The summed E-state index contributed by atoms with van der Waals surface area (Å²) in [4.78, 5) is 25.9. The van der Waals surface area contributed by atoms with Crippen molar-refractivity contribution in [2.75, 3.05) is 5.01 Å². The number of carbonyl (C=O) groups excluding carboxylic acids is 1. The lowest BCUT2D eigenvalue weighted by molar-refractivity contribution is -0.142. The number of para-hydroxylation sites is 1. The topological polar surface area (TPSA) is 115 Å². The number of aromatic hydroxyl groups is 1. The highest BCUT2D eigenvalue weighted by molar-refractivity contribution is 6.72. The smallest absolute Gasteiger partial charge is 0.335 e. The third kappa shape index (κ3) is 4.54. The van der Waals surface area contributed by atoms with Crippen molar-refractivity contribution < 1.29 is 19.8 Å². The highest BCUT2D eigenvalue weighted by atomic mass is 16.4. The monoisotopic (exact) mass is 486 g/mol. The van der Waals surface area contributed by atoms with Crippen LogP contribution in [-0.2, 0) is 9.59 Å². The summed E-state index contributed by atoms with van der Waals surface area (Å²) in [7, 11) is 0. The van der Waals surface area contributed by atoms with Gasteiger partial charge in [-0.1, -0.05) is 57.2 Å². The van der Waals surface area contributed by atoms with Gasteiger partial charge in [-0.3, -0.25) is 10.2 Å². The first-order chi connectivity index (χ1) is 16.9. The van der Waals surface area contributed by atoms with Gasteiger partial charge in [0.2, 0.25) is 0 Å². The first-order valence-electron chi connectivity index (χ1n) is 11.7. The lowest BCUT2D eigenvalue weighted by Gasteiger charge is -2.30. The molecule has 0 fully saturated rings. The molecule has 8 heteroatoms. The SMILES string of the molecule is Cc1ccc(N2N=C(C(C)(C)C)C(=NNC3(C(=O)O)C=CC=C(c4ccccc4O)C3)C2=O)cc1C. The van der Waals surface area contributed by atoms with E-state index in [1.165, 1.54) is 11.1 Å². The summed E-state index contributed by atoms with van der Waals surface area (Å²) < 4.78 is 0. The third-order valence-electron chi connectivity index (χ3n) is 6.41. The number of hydrogen-bond donors (Lipinski definition) is 3. The quantitative estimate of drug-likeness (QED) is 0.536. The van der Waals surface area contributed by atoms with Gasteiger partial charge in [-0.15, -0.1) is 0 Å². The zero-order chi connectivity index (χ0) is 26.3. The van der Waals surface area contributed by atoms with Gasteiger partial charge in [0.1, 0.15) is 5.75 Å². The van der Waals surface area contributed by atoms with Crippen molar-refractivity contribution in [2.24, 2.45) is 15.6 Å². The first kappa shape index (κ1) is 24.9. The third-order valence-corrected chi connectivity index (χ3v) is 6.41. The summed E-state index contributed by atoms with van der Waals surface area (Å²) in [6.07, 6.45) is 4.89. The molecule has 0 radical (unpaired) electrons. The Morgan fingerprint density at radius 1 is 1.14 bits per heavy atom. The van der Waals surface area contributed by atoms with E-state index in [1.807, 2.05) is 52.8 Å². The molecule has 2 aromatic rings. The van der Waals surface area contributed by atoms with Gasteiger partial charge < -0.3 is 10.2 Å². The summed E-state index contributed by atoms with van der Waals surface area (Å²) in [6, 6.07) is 12.4. The van der Waals surface area contributed by atoms with Crippen LogP contribution < -0.4 is 10.4 Å². The maximum Gasteiger partial charge on any atom is 0.335 e. The summed E-state index contributed by atoms with van der Waals surface area (Å²) in [5, 5.41) is 30.7. The van der Waals surface area contributed by atoms with Gasteiger partial charge >= 0.3 is 11.9 Å². The zero-order valence-corrected chi connectivity index (χ0v) is 21.0. The molecule has 0 saturated carbocycles. The van der Waals surface area contributed by atoms with Crippen LogP contribution in [0.4, 0.5) is 5.69 Å². The standard InChI is InChI=1S/C28H30N4O4/c1-17-12-13-20(15-18(17)2)32-25(34)23(24(30-32)27(3,4)5)29-31-28(26(35)36)14-8-9-19(16-28)21-10-6-7-11-22(21)33/h6-15,31,33H,16H2,1-5H3,(H,35,36). The summed E-state index contributed by atoms with van der Waals surface area (Å²) in [5.74, 6) is -1.54. The van der Waals surface area contributed by atoms with Gasteiger partial charge in [0.15, 0.2) is 11.3 Å². The molecule has 8 nitrogen and oxygen atoms in total. The number of benzene rings is 2. The van der Waals surface area contributed by atoms with Crippen molar-refractivity contribution in [3.05, 3.63) is 77.4 Å². The molecule has 1 aliphatic heterocycles. The minimum Gasteiger partial charge on any atom is -0.507 e. The molecule has 1 aliphatic carbocycles. The van der Waals surface area contributed by atoms with Crippen LogP contribution in [0.3, 0.4) is 0 Å². The number of allylic oxidation sites excluding steroid dienone is 2. The summed E-state index contributed by atoms with van der Waals surface area (Å²) in [5.41, 5.74) is 5.06. The number of carbonyl (C=O) groups is 2. The molecule has 0 saturated heterocycles. The van der Waals surface area contributed by atoms with Crippen molar-refractivity contribution in [1.29, 1.82) is 0 Å². The van der Waals surface area contributed by atoms with Crippen LogP contribution >= 0.6 is 0 Å². The second kappa shape index (κ2) is 9.11. The molecule has 186 valence electrons. The molecule has 1 heterocycles. The van der Waals surface area contributed by atoms with Gasteiger partial charge in [-0.25, -0.2) is 4.79 Å². The van der Waals surface area contributed by atoms with Gasteiger partial charge in [0, 0.05) is 17.4 Å². The molecular formula is C28H30N4O4. The van der Waals surface area contributed by atoms with Crippen LogP contribution in [0.1, 0.15) is 43.9 Å². The van der Waals surface area contributed by atoms with E-state index in [4.69, 9.17) is 0 Å². The predicted molar refractivity (Wildman–Crippen MR) is 141 cm³/mol. The molecule has 2 aromatic carbocycles. The number of aliphatic carboxylic acids is 1. The van der Waals surface area contributed by atoms with Crippen LogP contribution in [-0.4, -0.2) is 39.1 Å². The largest absolute Gasteiger partial charge is 0.507 e. The fourth-order valence-corrected chi connectivity index (χ4v) is 4.14. The number of carboxylic acid groups (broad SMARTS) is 1. The Morgan fingerprint density at radius 3 is 2.50 bits per heavy atom. The molecule has 4 rings (SSSR count). The van der Waals surface area contributed by atoms with E-state index in [9.17, 15) is 19.8 Å². The molecular weight excluding hydrogens is 456 g/mol. The van der Waals surface area contributed by atoms with Crippen LogP contribution in [0.15, 0.2) is 70.9 Å². The molecule has 36 heavy (non-hydrogen) atoms. The van der Waals surface area contributed by atoms with E-state index in [2.05, 4.69) is 15.6 Å². The van der Waals surface area contributed by atoms with Gasteiger partial charge in [0.05, 0.1) is 11.4 Å². The average molecular weight is 487 g/mol. The van der Waals surface area contributed by atoms with E-state index in [0.29, 0.717) is 22.5 Å². The Balaban J connectivity index is 1.70. The average Bonchev–Trinajstić information content (AvgIpc) is 3.16. The molecule has 1 atom stereocenters. The Morgan fingerprint density at radius 2 is 1.86 bits per heavy atom. The number of amides is 1. The number of phenols is 1. The van der Waals surface area contributed by atoms with Crippen LogP contribution in [0.5, 0.6) is 5.75 Å². The summed E-state index contributed by atoms with van der Waals surface area (Å²) in [6.45, 7) is 9.72. The van der Waals surface area contributed by atoms with Crippen molar-refractivity contribution >= 4 is 34.6 Å². The Labute approximate surface area is 210 Å². The predicted octanol–water partition coefficient (Wildman–Crippen LogP) is 4.57. The van der Waals surface area contributed by atoms with Gasteiger partial charge in [0.25, 0.3) is 0 Å². The van der Waals surface area contributed by atoms with Gasteiger partial charge in [-0.2, -0.15) is 15.2 Å². The molecule has 1 unspecified atom stereocenters. The van der Waals surface area contributed by atoms with Crippen LogP contribution in [0, 0.1) is 19.3 Å². The maximum absolute atomic E-state index is 13.5. The highest BCUT2D eigenvalue weighted by Gasteiger charge is 2.42. The fraction of sp³-hybridized carbons (Fsp3) is 0.286. The second-order valence-corrected chi connectivity index (χ2v) is 10.2. The molecule has 0 spiro atoms. The first-order valence-corrected chi connectivity index (χ1v) is 11.7. The lowest BCUT2D eigenvalue weighted by Crippen LogP contribution is -2.50. The number of anilines is 1. The van der Waals surface area contributed by atoms with Crippen molar-refractivity contribution in [1.82, 2.24) is 5.43 Å². The maximum atomic E-state index is 13.5. The molecule has 0 aromatic heterocycles. The lowest BCUT2D eigenvalue weighted by atomic mass is 9.84. The summed E-state index contributed by atoms with van der Waals surface area (Å²) >= 11 is 0. The van der Waals surface area contributed by atoms with Crippen molar-refractivity contribution in [2.45, 2.75) is 46.6 Å². The Kier molecular flexibility index (Phi) is 6.30. The fourth-order valence-electron chi connectivity index (χ4n) is 4.14. The van der Waals surface area contributed by atoms with Crippen LogP contribution in [0.25, 0.3) is 5.57 Å². The van der Waals surface area contributed by atoms with E-state index in [1.54, 1.807) is 36.4 Å². The molecule has 3 N–H and O–H groups in total. The molecule has 2 aliphatic rings. The minimum atomic E-state index is -1.61. The number of carboxylic acids is 1. The number of hydrogen-bond acceptors (Lipinski definition) is 6. The zero-order valence-electron chi connectivity index (χ0n) is 21.0. The highest BCUT2D eigenvalue weighted by Crippen LogP contribution is 2.35. The Bertz CT molecular complexity index is 1360. The van der Waals surface area contributed by atoms with E-state index in [0.717, 1.165) is 11.1 Å². The molecule has 0 bridgehead atoms. The number of nitrogens with zero attached hydrogens (tertiary/aromatic N) is 3. The number of rotatable bonds is 5. The number of nitrogens with one attached hydrogen (secondary N) is 1. The number of aryl methyl sites for hydroxylation is 2.